The average molecular weight is 378 g/mol. The molecule has 28 heavy (non-hydrogen) atoms. The number of para-hydroxylation sites is 1. The predicted molar refractivity (Wildman–Crippen MR) is 107 cm³/mol. The quantitative estimate of drug-likeness (QED) is 0.626. The second kappa shape index (κ2) is 9.36. The highest BCUT2D eigenvalue weighted by molar-refractivity contribution is 5.92. The highest BCUT2D eigenvalue weighted by Gasteiger charge is 2.10. The van der Waals surface area contributed by atoms with Gasteiger partial charge >= 0.3 is 0 Å². The maximum Gasteiger partial charge on any atom is 0.270 e. The number of aromatic nitrogens is 2. The molecular formula is C21H22N4O3. The second-order valence-corrected chi connectivity index (χ2v) is 5.94. The zero-order chi connectivity index (χ0) is 19.8. The van der Waals surface area contributed by atoms with Crippen molar-refractivity contribution in [3.05, 3.63) is 72.1 Å². The summed E-state index contributed by atoms with van der Waals surface area (Å²) in [6.45, 7) is 0.474. The molecule has 1 aromatic heterocycles. The van der Waals surface area contributed by atoms with Crippen LogP contribution >= 0.6 is 0 Å². The topological polar surface area (TPSA) is 85.4 Å². The third-order valence-corrected chi connectivity index (χ3v) is 4.09. The lowest BCUT2D eigenvalue weighted by Gasteiger charge is -2.10. The summed E-state index contributed by atoms with van der Waals surface area (Å²) < 4.78 is 10.5. The third-order valence-electron chi connectivity index (χ3n) is 4.09. The average Bonchev–Trinajstić information content (AvgIpc) is 2.74. The number of anilines is 2. The number of rotatable bonds is 8. The molecule has 1 amide bonds. The summed E-state index contributed by atoms with van der Waals surface area (Å²) in [6.07, 6.45) is 2.21. The van der Waals surface area contributed by atoms with Crippen LogP contribution in [0, 0.1) is 0 Å². The molecule has 2 N–H and O–H groups in total. The van der Waals surface area contributed by atoms with Gasteiger partial charge in [0.1, 0.15) is 17.2 Å². The van der Waals surface area contributed by atoms with Crippen molar-refractivity contribution in [1.29, 1.82) is 0 Å². The molecule has 0 aliphatic heterocycles. The summed E-state index contributed by atoms with van der Waals surface area (Å²) in [5.41, 5.74) is 2.10. The van der Waals surface area contributed by atoms with Crippen LogP contribution in [0.1, 0.15) is 16.1 Å². The van der Waals surface area contributed by atoms with E-state index in [2.05, 4.69) is 20.6 Å². The van der Waals surface area contributed by atoms with Gasteiger partial charge in [0.25, 0.3) is 5.91 Å². The highest BCUT2D eigenvalue weighted by Crippen LogP contribution is 2.19. The summed E-state index contributed by atoms with van der Waals surface area (Å²) in [4.78, 5) is 20.9. The lowest BCUT2D eigenvalue weighted by molar-refractivity contribution is 0.0949. The summed E-state index contributed by atoms with van der Waals surface area (Å²) in [6, 6.07) is 16.7. The van der Waals surface area contributed by atoms with Gasteiger partial charge in [0.2, 0.25) is 5.95 Å². The minimum atomic E-state index is -0.258. The molecule has 0 aliphatic carbocycles. The molecular weight excluding hydrogens is 356 g/mol. The maximum absolute atomic E-state index is 12.4. The van der Waals surface area contributed by atoms with Gasteiger partial charge in [0, 0.05) is 24.5 Å². The fraction of sp³-hybridized carbons (Fsp3) is 0.190. The minimum absolute atomic E-state index is 0.258. The number of carbonyl (C=O) groups excluding carboxylic acids is 1. The number of methoxy groups -OCH3 is 2. The number of carbonyl (C=O) groups is 1. The van der Waals surface area contributed by atoms with Crippen molar-refractivity contribution in [1.82, 2.24) is 15.3 Å². The Kier molecular flexibility index (Phi) is 6.41. The van der Waals surface area contributed by atoms with Gasteiger partial charge in [0.15, 0.2) is 0 Å². The van der Waals surface area contributed by atoms with Crippen molar-refractivity contribution >= 4 is 17.5 Å². The molecule has 2 aromatic carbocycles. The van der Waals surface area contributed by atoms with Crippen molar-refractivity contribution in [2.45, 2.75) is 6.42 Å². The second-order valence-electron chi connectivity index (χ2n) is 5.94. The van der Waals surface area contributed by atoms with Gasteiger partial charge in [-0.15, -0.1) is 0 Å². The molecule has 7 nitrogen and oxygen atoms in total. The smallest absolute Gasteiger partial charge is 0.270 e. The molecule has 0 aliphatic rings. The molecule has 0 radical (unpaired) electrons. The molecule has 0 fully saturated rings. The zero-order valence-electron chi connectivity index (χ0n) is 15.8. The molecule has 0 atom stereocenters. The highest BCUT2D eigenvalue weighted by atomic mass is 16.5. The molecule has 0 bridgehead atoms. The van der Waals surface area contributed by atoms with Crippen molar-refractivity contribution in [3.8, 4) is 11.5 Å². The summed E-state index contributed by atoms with van der Waals surface area (Å²) in [5, 5.41) is 5.95. The van der Waals surface area contributed by atoms with Crippen molar-refractivity contribution in [3.63, 3.8) is 0 Å². The van der Waals surface area contributed by atoms with Gasteiger partial charge in [-0.3, -0.25) is 4.79 Å². The van der Waals surface area contributed by atoms with Gasteiger partial charge in [0.05, 0.1) is 14.2 Å². The Morgan fingerprint density at radius 1 is 1.04 bits per heavy atom. The first-order chi connectivity index (χ1) is 13.7. The van der Waals surface area contributed by atoms with E-state index in [0.717, 1.165) is 22.7 Å². The van der Waals surface area contributed by atoms with Gasteiger partial charge in [-0.1, -0.05) is 24.3 Å². The van der Waals surface area contributed by atoms with E-state index in [1.807, 2.05) is 48.5 Å². The number of ether oxygens (including phenoxy) is 2. The number of hydrogen-bond donors (Lipinski definition) is 2. The lowest BCUT2D eigenvalue weighted by Crippen LogP contribution is -2.26. The standard InChI is InChI=1S/C21H22N4O3/c1-27-17-8-5-7-16(14-17)24-21-23-13-11-18(25-21)20(26)22-12-10-15-6-3-4-9-19(15)28-2/h3-9,11,13-14H,10,12H2,1-2H3,(H,22,26)(H,23,24,25). The molecule has 7 heteroatoms. The monoisotopic (exact) mass is 378 g/mol. The van der Waals surface area contributed by atoms with E-state index >= 15 is 0 Å². The van der Waals surface area contributed by atoms with Crippen molar-refractivity contribution in [2.75, 3.05) is 26.1 Å². The van der Waals surface area contributed by atoms with Gasteiger partial charge in [-0.2, -0.15) is 0 Å². The lowest BCUT2D eigenvalue weighted by atomic mass is 10.1. The van der Waals surface area contributed by atoms with Crippen molar-refractivity contribution in [2.24, 2.45) is 0 Å². The van der Waals surface area contributed by atoms with Crippen LogP contribution < -0.4 is 20.1 Å². The Morgan fingerprint density at radius 2 is 1.89 bits per heavy atom. The largest absolute Gasteiger partial charge is 0.497 e. The zero-order valence-corrected chi connectivity index (χ0v) is 15.8. The van der Waals surface area contributed by atoms with Crippen LogP contribution in [0.15, 0.2) is 60.8 Å². The number of nitrogens with one attached hydrogen (secondary N) is 2. The molecule has 0 saturated heterocycles. The number of benzene rings is 2. The van der Waals surface area contributed by atoms with Crippen LogP contribution in [0.25, 0.3) is 0 Å². The van der Waals surface area contributed by atoms with Crippen LogP contribution in [-0.4, -0.2) is 36.6 Å². The maximum atomic E-state index is 12.4. The first-order valence-electron chi connectivity index (χ1n) is 8.84. The van der Waals surface area contributed by atoms with Gasteiger partial charge < -0.3 is 20.1 Å². The van der Waals surface area contributed by atoms with Crippen LogP contribution in [0.4, 0.5) is 11.6 Å². The molecule has 3 rings (SSSR count). The van der Waals surface area contributed by atoms with Crippen LogP contribution in [0.5, 0.6) is 11.5 Å². The summed E-state index contributed by atoms with van der Waals surface area (Å²) in [5.74, 6) is 1.61. The molecule has 1 heterocycles. The molecule has 0 unspecified atom stereocenters. The Labute approximate surface area is 163 Å². The third kappa shape index (κ3) is 4.97. The van der Waals surface area contributed by atoms with E-state index in [1.54, 1.807) is 26.5 Å². The van der Waals surface area contributed by atoms with Crippen LogP contribution in [0.3, 0.4) is 0 Å². The van der Waals surface area contributed by atoms with Crippen LogP contribution in [-0.2, 0) is 6.42 Å². The van der Waals surface area contributed by atoms with E-state index in [4.69, 9.17) is 9.47 Å². The van der Waals surface area contributed by atoms with E-state index < -0.39 is 0 Å². The van der Waals surface area contributed by atoms with Crippen molar-refractivity contribution < 1.29 is 14.3 Å². The van der Waals surface area contributed by atoms with E-state index in [-0.39, 0.29) is 5.91 Å². The Hall–Kier alpha value is -3.61. The van der Waals surface area contributed by atoms with E-state index in [9.17, 15) is 4.79 Å². The van der Waals surface area contributed by atoms with Gasteiger partial charge in [-0.25, -0.2) is 9.97 Å². The van der Waals surface area contributed by atoms with Gasteiger partial charge in [-0.05, 0) is 36.2 Å². The number of hydrogen-bond acceptors (Lipinski definition) is 6. The molecule has 0 spiro atoms. The predicted octanol–water partition coefficient (Wildman–Crippen LogP) is 3.21. The summed E-state index contributed by atoms with van der Waals surface area (Å²) in [7, 11) is 3.24. The summed E-state index contributed by atoms with van der Waals surface area (Å²) >= 11 is 0. The SMILES string of the molecule is COc1cccc(Nc2nccc(C(=O)NCCc3ccccc3OC)n2)c1. The fourth-order valence-electron chi connectivity index (χ4n) is 2.69. The van der Waals surface area contributed by atoms with Crippen LogP contribution in [0.2, 0.25) is 0 Å². The van der Waals surface area contributed by atoms with E-state index in [0.29, 0.717) is 24.6 Å². The first kappa shape index (κ1) is 19.2. The molecule has 144 valence electrons. The Balaban J connectivity index is 1.60. The van der Waals surface area contributed by atoms with E-state index in [1.165, 1.54) is 0 Å². The fourth-order valence-corrected chi connectivity index (χ4v) is 2.69. The molecule has 0 saturated carbocycles. The minimum Gasteiger partial charge on any atom is -0.497 e. The first-order valence-corrected chi connectivity index (χ1v) is 8.84. The number of amides is 1. The normalized spacial score (nSPS) is 10.2. The Bertz CT molecular complexity index is 946. The molecule has 3 aromatic rings. The Morgan fingerprint density at radius 3 is 2.71 bits per heavy atom. The number of nitrogens with zero attached hydrogens (tertiary/aromatic N) is 2.